The monoisotopic (exact) mass is 464 g/mol. The minimum atomic E-state index is -0.635. The summed E-state index contributed by atoms with van der Waals surface area (Å²) in [5.74, 6) is 0. The summed E-state index contributed by atoms with van der Waals surface area (Å²) in [6, 6.07) is 17.5. The van der Waals surface area contributed by atoms with E-state index in [4.69, 9.17) is 4.74 Å². The Kier molecular flexibility index (Phi) is 7.68. The Labute approximate surface area is 197 Å². The van der Waals surface area contributed by atoms with E-state index in [9.17, 15) is 14.4 Å². The third kappa shape index (κ3) is 6.93. The van der Waals surface area contributed by atoms with Gasteiger partial charge in [0.15, 0.2) is 0 Å². The van der Waals surface area contributed by atoms with Crippen LogP contribution in [0, 0.1) is 0 Å². The molecule has 0 aliphatic carbocycles. The SMILES string of the molecule is COC(=O)Nc1ccc(-c2cc(C[C@H](NC(=O)OC(C)(C)C)c3ccccc3)n[nH]c2=O)cc1. The van der Waals surface area contributed by atoms with Gasteiger partial charge in [0.1, 0.15) is 5.60 Å². The molecule has 0 fully saturated rings. The fraction of sp³-hybridized carbons (Fsp3) is 0.280. The number of alkyl carbamates (subject to hydrolysis) is 1. The number of nitrogens with zero attached hydrogens (tertiary/aromatic N) is 1. The molecule has 3 aromatic rings. The van der Waals surface area contributed by atoms with Crippen LogP contribution >= 0.6 is 0 Å². The third-order valence-electron chi connectivity index (χ3n) is 4.79. The van der Waals surface area contributed by atoms with Crippen LogP contribution in [0.1, 0.15) is 38.1 Å². The average molecular weight is 465 g/mol. The molecule has 9 nitrogen and oxygen atoms in total. The van der Waals surface area contributed by atoms with E-state index in [2.05, 4.69) is 25.6 Å². The number of rotatable bonds is 6. The maximum Gasteiger partial charge on any atom is 0.411 e. The molecule has 0 bridgehead atoms. The molecule has 3 N–H and O–H groups in total. The van der Waals surface area contributed by atoms with E-state index in [0.717, 1.165) is 5.56 Å². The number of methoxy groups -OCH3 is 1. The number of aromatic amines is 1. The molecular formula is C25H28N4O5. The second kappa shape index (κ2) is 10.7. The minimum absolute atomic E-state index is 0.328. The first-order valence-electron chi connectivity index (χ1n) is 10.7. The molecule has 34 heavy (non-hydrogen) atoms. The molecular weight excluding hydrogens is 436 g/mol. The number of nitrogens with one attached hydrogen (secondary N) is 3. The summed E-state index contributed by atoms with van der Waals surface area (Å²) >= 11 is 0. The van der Waals surface area contributed by atoms with Gasteiger partial charge < -0.3 is 14.8 Å². The number of hydrogen-bond acceptors (Lipinski definition) is 6. The molecule has 3 rings (SSSR count). The zero-order chi connectivity index (χ0) is 24.7. The third-order valence-corrected chi connectivity index (χ3v) is 4.79. The Morgan fingerprint density at radius 3 is 2.32 bits per heavy atom. The highest BCUT2D eigenvalue weighted by atomic mass is 16.6. The summed E-state index contributed by atoms with van der Waals surface area (Å²) in [7, 11) is 1.28. The van der Waals surface area contributed by atoms with Gasteiger partial charge in [-0.25, -0.2) is 14.7 Å². The molecule has 0 unspecified atom stereocenters. The van der Waals surface area contributed by atoms with Crippen LogP contribution < -0.4 is 16.2 Å². The fourth-order valence-corrected chi connectivity index (χ4v) is 3.26. The highest BCUT2D eigenvalue weighted by molar-refractivity contribution is 5.85. The molecule has 0 aliphatic rings. The van der Waals surface area contributed by atoms with Crippen molar-refractivity contribution >= 4 is 17.9 Å². The van der Waals surface area contributed by atoms with E-state index in [0.29, 0.717) is 28.9 Å². The van der Waals surface area contributed by atoms with Crippen LogP contribution in [0.15, 0.2) is 65.5 Å². The quantitative estimate of drug-likeness (QED) is 0.496. The fourth-order valence-electron chi connectivity index (χ4n) is 3.26. The molecule has 1 aromatic heterocycles. The van der Waals surface area contributed by atoms with Crippen molar-refractivity contribution < 1.29 is 19.1 Å². The zero-order valence-electron chi connectivity index (χ0n) is 19.5. The van der Waals surface area contributed by atoms with Gasteiger partial charge in [0, 0.05) is 12.1 Å². The summed E-state index contributed by atoms with van der Waals surface area (Å²) in [5.41, 5.74) is 2.07. The lowest BCUT2D eigenvalue weighted by molar-refractivity contribution is 0.0503. The number of aromatic nitrogens is 2. The van der Waals surface area contributed by atoms with Crippen molar-refractivity contribution in [1.82, 2.24) is 15.5 Å². The minimum Gasteiger partial charge on any atom is -0.453 e. The molecule has 0 aliphatic heterocycles. The predicted molar refractivity (Wildman–Crippen MR) is 129 cm³/mol. The van der Waals surface area contributed by atoms with Gasteiger partial charge in [0.2, 0.25) is 0 Å². The Balaban J connectivity index is 1.85. The lowest BCUT2D eigenvalue weighted by Gasteiger charge is -2.24. The topological polar surface area (TPSA) is 122 Å². The first kappa shape index (κ1) is 24.5. The number of carbonyl (C=O) groups excluding carboxylic acids is 2. The van der Waals surface area contributed by atoms with Gasteiger partial charge in [-0.3, -0.25) is 10.1 Å². The van der Waals surface area contributed by atoms with Crippen LogP contribution in [0.25, 0.3) is 11.1 Å². The Hall–Kier alpha value is -4.14. The van der Waals surface area contributed by atoms with Crippen molar-refractivity contribution in [2.24, 2.45) is 0 Å². The Bertz CT molecular complexity index is 1180. The number of H-pyrrole nitrogens is 1. The first-order chi connectivity index (χ1) is 16.1. The van der Waals surface area contributed by atoms with E-state index < -0.39 is 23.8 Å². The number of anilines is 1. The normalized spacial score (nSPS) is 11.9. The Morgan fingerprint density at radius 2 is 1.71 bits per heavy atom. The highest BCUT2D eigenvalue weighted by Crippen LogP contribution is 2.22. The summed E-state index contributed by atoms with van der Waals surface area (Å²) < 4.78 is 10.00. The number of carbonyl (C=O) groups is 2. The first-order valence-corrected chi connectivity index (χ1v) is 10.7. The number of hydrogen-bond donors (Lipinski definition) is 3. The van der Waals surface area contributed by atoms with Gasteiger partial charge >= 0.3 is 12.2 Å². The summed E-state index contributed by atoms with van der Waals surface area (Å²) in [5, 5.41) is 12.2. The van der Waals surface area contributed by atoms with Gasteiger partial charge in [-0.2, -0.15) is 5.10 Å². The molecule has 9 heteroatoms. The van der Waals surface area contributed by atoms with Crippen molar-refractivity contribution in [3.05, 3.63) is 82.3 Å². The molecule has 0 radical (unpaired) electrons. The zero-order valence-corrected chi connectivity index (χ0v) is 19.5. The van der Waals surface area contributed by atoms with Crippen LogP contribution in [0.5, 0.6) is 0 Å². The van der Waals surface area contributed by atoms with Gasteiger partial charge in [-0.15, -0.1) is 0 Å². The molecule has 0 saturated heterocycles. The second-order valence-corrected chi connectivity index (χ2v) is 8.61. The number of ether oxygens (including phenoxy) is 2. The smallest absolute Gasteiger partial charge is 0.411 e. The number of amides is 2. The average Bonchev–Trinajstić information content (AvgIpc) is 2.79. The summed E-state index contributed by atoms with van der Waals surface area (Å²) in [4.78, 5) is 36.3. The van der Waals surface area contributed by atoms with Crippen LogP contribution in [-0.2, 0) is 15.9 Å². The molecule has 1 atom stereocenters. The van der Waals surface area contributed by atoms with Crippen LogP contribution in [-0.4, -0.2) is 35.1 Å². The van der Waals surface area contributed by atoms with E-state index >= 15 is 0 Å². The molecule has 0 saturated carbocycles. The number of benzene rings is 2. The summed E-state index contributed by atoms with van der Waals surface area (Å²) in [6.07, 6.45) is -0.796. The summed E-state index contributed by atoms with van der Waals surface area (Å²) in [6.45, 7) is 5.39. The van der Waals surface area contributed by atoms with E-state index in [1.807, 2.05) is 30.3 Å². The maximum absolute atomic E-state index is 12.5. The second-order valence-electron chi connectivity index (χ2n) is 8.61. The van der Waals surface area contributed by atoms with Crippen molar-refractivity contribution in [3.63, 3.8) is 0 Å². The van der Waals surface area contributed by atoms with Crippen molar-refractivity contribution in [2.45, 2.75) is 38.8 Å². The van der Waals surface area contributed by atoms with Crippen molar-refractivity contribution in [2.75, 3.05) is 12.4 Å². The molecule has 2 amide bonds. The van der Waals surface area contributed by atoms with Gasteiger partial charge in [-0.05, 0) is 50.1 Å². The van der Waals surface area contributed by atoms with Crippen LogP contribution in [0.4, 0.5) is 15.3 Å². The van der Waals surface area contributed by atoms with Crippen molar-refractivity contribution in [1.29, 1.82) is 0 Å². The molecule has 2 aromatic carbocycles. The van der Waals surface area contributed by atoms with E-state index in [1.54, 1.807) is 51.1 Å². The standard InChI is InChI=1S/C25H28N4O5/c1-25(2,3)34-24(32)27-21(17-8-6-5-7-9-17)15-19-14-20(22(30)29-28-19)16-10-12-18(13-11-16)26-23(31)33-4/h5-14,21H,15H2,1-4H3,(H,26,31)(H,27,32)(H,29,30)/t21-/m0/s1. The Morgan fingerprint density at radius 1 is 1.03 bits per heavy atom. The highest BCUT2D eigenvalue weighted by Gasteiger charge is 2.22. The lowest BCUT2D eigenvalue weighted by atomic mass is 10.00. The van der Waals surface area contributed by atoms with Gasteiger partial charge in [-0.1, -0.05) is 42.5 Å². The van der Waals surface area contributed by atoms with Gasteiger partial charge in [0.05, 0.1) is 24.4 Å². The molecule has 1 heterocycles. The van der Waals surface area contributed by atoms with Crippen LogP contribution in [0.3, 0.4) is 0 Å². The van der Waals surface area contributed by atoms with Gasteiger partial charge in [0.25, 0.3) is 5.56 Å². The van der Waals surface area contributed by atoms with Crippen LogP contribution in [0.2, 0.25) is 0 Å². The van der Waals surface area contributed by atoms with E-state index in [1.165, 1.54) is 7.11 Å². The van der Waals surface area contributed by atoms with Crippen molar-refractivity contribution in [3.8, 4) is 11.1 Å². The predicted octanol–water partition coefficient (Wildman–Crippen LogP) is 4.42. The largest absolute Gasteiger partial charge is 0.453 e. The lowest BCUT2D eigenvalue weighted by Crippen LogP contribution is -2.36. The maximum atomic E-state index is 12.5. The van der Waals surface area contributed by atoms with E-state index in [-0.39, 0.29) is 5.56 Å². The molecule has 178 valence electrons. The molecule has 0 spiro atoms.